The van der Waals surface area contributed by atoms with Crippen LogP contribution in [-0.4, -0.2) is 17.6 Å². The van der Waals surface area contributed by atoms with E-state index >= 15 is 0 Å². The number of aliphatic carboxylic acids is 1. The molecule has 1 aliphatic heterocycles. The van der Waals surface area contributed by atoms with Crippen molar-refractivity contribution in [2.45, 2.75) is 26.3 Å². The molecule has 1 aromatic carbocycles. The number of carboxylic acid groups (broad SMARTS) is 1. The minimum atomic E-state index is -0.752. The van der Waals surface area contributed by atoms with Gasteiger partial charge in [-0.1, -0.05) is 0 Å². The lowest BCUT2D eigenvalue weighted by molar-refractivity contribution is -0.141. The highest BCUT2D eigenvalue weighted by molar-refractivity contribution is 5.98. The Labute approximate surface area is 126 Å². The Bertz CT molecular complexity index is 834. The summed E-state index contributed by atoms with van der Waals surface area (Å²) in [4.78, 5) is 11.2. The number of carbonyl (C=O) groups is 1. The second kappa shape index (κ2) is 4.61. The zero-order valence-corrected chi connectivity index (χ0v) is 12.5. The molecule has 2 N–H and O–H groups in total. The van der Waals surface area contributed by atoms with Crippen LogP contribution in [0.25, 0.3) is 21.9 Å². The highest BCUT2D eigenvalue weighted by atomic mass is 16.4. The van der Waals surface area contributed by atoms with E-state index in [-0.39, 0.29) is 12.0 Å². The fourth-order valence-corrected chi connectivity index (χ4v) is 3.45. The summed E-state index contributed by atoms with van der Waals surface area (Å²) in [6, 6.07) is 5.94. The first-order chi connectivity index (χ1) is 10.5. The summed E-state index contributed by atoms with van der Waals surface area (Å²) in [6.45, 7) is 4.31. The number of hydrogen-bond acceptors (Lipinski definition) is 4. The molecule has 1 fully saturated rings. The Hall–Kier alpha value is -2.27. The molecule has 0 amide bonds. The summed E-state index contributed by atoms with van der Waals surface area (Å²) in [7, 11) is 0. The SMILES string of the molecule is Cc1cc2c(C3CC(C(=O)O)CN3)c3oc(C)cc3cc2o1. The number of carboxylic acids is 1. The maximum Gasteiger partial charge on any atom is 0.307 e. The van der Waals surface area contributed by atoms with Gasteiger partial charge in [0.15, 0.2) is 0 Å². The van der Waals surface area contributed by atoms with Gasteiger partial charge < -0.3 is 19.3 Å². The third-order valence-electron chi connectivity index (χ3n) is 4.42. The molecule has 0 saturated carbocycles. The zero-order chi connectivity index (χ0) is 15.4. The Morgan fingerprint density at radius 2 is 2.00 bits per heavy atom. The second-order valence-electron chi connectivity index (χ2n) is 6.07. The normalized spacial score (nSPS) is 21.9. The van der Waals surface area contributed by atoms with Crippen molar-refractivity contribution in [3.63, 3.8) is 0 Å². The number of fused-ring (bicyclic) bond motifs is 2. The van der Waals surface area contributed by atoms with Gasteiger partial charge in [0, 0.05) is 28.9 Å². The first kappa shape index (κ1) is 13.4. The molecule has 0 radical (unpaired) electrons. The molecule has 2 aromatic heterocycles. The monoisotopic (exact) mass is 299 g/mol. The van der Waals surface area contributed by atoms with Gasteiger partial charge in [0.25, 0.3) is 0 Å². The van der Waals surface area contributed by atoms with Gasteiger partial charge in [0.05, 0.1) is 5.92 Å². The van der Waals surface area contributed by atoms with E-state index in [0.29, 0.717) is 13.0 Å². The van der Waals surface area contributed by atoms with Gasteiger partial charge in [-0.2, -0.15) is 0 Å². The van der Waals surface area contributed by atoms with E-state index in [4.69, 9.17) is 8.83 Å². The molecule has 1 saturated heterocycles. The molecule has 3 heterocycles. The molecule has 0 bridgehead atoms. The molecule has 4 rings (SSSR count). The summed E-state index contributed by atoms with van der Waals surface area (Å²) in [5, 5.41) is 14.6. The third-order valence-corrected chi connectivity index (χ3v) is 4.42. The molecule has 0 aliphatic carbocycles. The molecule has 3 aromatic rings. The number of aryl methyl sites for hydroxylation is 2. The van der Waals surface area contributed by atoms with Gasteiger partial charge in [-0.3, -0.25) is 4.79 Å². The van der Waals surface area contributed by atoms with E-state index < -0.39 is 5.97 Å². The van der Waals surface area contributed by atoms with Crippen LogP contribution in [0.15, 0.2) is 27.0 Å². The van der Waals surface area contributed by atoms with Crippen LogP contribution >= 0.6 is 0 Å². The molecule has 5 heteroatoms. The molecule has 2 unspecified atom stereocenters. The first-order valence-corrected chi connectivity index (χ1v) is 7.42. The van der Waals surface area contributed by atoms with Crippen LogP contribution in [0.5, 0.6) is 0 Å². The fourth-order valence-electron chi connectivity index (χ4n) is 3.45. The maximum absolute atomic E-state index is 11.2. The molecule has 2 atom stereocenters. The average molecular weight is 299 g/mol. The molecular weight excluding hydrogens is 282 g/mol. The van der Waals surface area contributed by atoms with Crippen LogP contribution in [0.3, 0.4) is 0 Å². The number of rotatable bonds is 2. The van der Waals surface area contributed by atoms with Crippen molar-refractivity contribution < 1.29 is 18.7 Å². The lowest BCUT2D eigenvalue weighted by Crippen LogP contribution is -2.17. The van der Waals surface area contributed by atoms with E-state index in [1.54, 1.807) is 0 Å². The highest BCUT2D eigenvalue weighted by Crippen LogP contribution is 2.39. The van der Waals surface area contributed by atoms with E-state index in [9.17, 15) is 9.90 Å². The molecule has 0 spiro atoms. The smallest absolute Gasteiger partial charge is 0.307 e. The fraction of sp³-hybridized carbons (Fsp3) is 0.353. The summed E-state index contributed by atoms with van der Waals surface area (Å²) < 4.78 is 11.7. The minimum absolute atomic E-state index is 0.0325. The van der Waals surface area contributed by atoms with Crippen LogP contribution < -0.4 is 5.32 Å². The van der Waals surface area contributed by atoms with Crippen LogP contribution in [0.4, 0.5) is 0 Å². The van der Waals surface area contributed by atoms with Crippen LogP contribution in [0.2, 0.25) is 0 Å². The molecule has 22 heavy (non-hydrogen) atoms. The number of benzene rings is 1. The molecule has 114 valence electrons. The van der Waals surface area contributed by atoms with E-state index in [0.717, 1.165) is 39.0 Å². The molecular formula is C17H17NO4. The van der Waals surface area contributed by atoms with Gasteiger partial charge in [-0.25, -0.2) is 0 Å². The van der Waals surface area contributed by atoms with Crippen molar-refractivity contribution in [2.75, 3.05) is 6.54 Å². The topological polar surface area (TPSA) is 75.6 Å². The highest BCUT2D eigenvalue weighted by Gasteiger charge is 2.33. The predicted molar refractivity (Wildman–Crippen MR) is 81.9 cm³/mol. The third kappa shape index (κ3) is 1.93. The Balaban J connectivity index is 1.94. The van der Waals surface area contributed by atoms with Gasteiger partial charge in [-0.05, 0) is 38.5 Å². The van der Waals surface area contributed by atoms with Gasteiger partial charge in [0.2, 0.25) is 0 Å². The summed E-state index contributed by atoms with van der Waals surface area (Å²) in [5.41, 5.74) is 2.66. The van der Waals surface area contributed by atoms with Gasteiger partial charge >= 0.3 is 5.97 Å². The van der Waals surface area contributed by atoms with Crippen molar-refractivity contribution in [1.29, 1.82) is 0 Å². The standard InChI is InChI=1S/C17H17NO4/c1-8-3-10-6-14-12(4-9(2)21-14)15(16(10)22-8)13-5-11(7-18-13)17(19)20/h3-4,6,11,13,18H,5,7H2,1-2H3,(H,19,20). The second-order valence-corrected chi connectivity index (χ2v) is 6.07. The number of hydrogen-bond donors (Lipinski definition) is 2. The van der Waals surface area contributed by atoms with Crippen molar-refractivity contribution in [1.82, 2.24) is 5.32 Å². The lowest BCUT2D eigenvalue weighted by atomic mass is 9.96. The van der Waals surface area contributed by atoms with Crippen molar-refractivity contribution in [3.05, 3.63) is 35.3 Å². The van der Waals surface area contributed by atoms with Gasteiger partial charge in [-0.15, -0.1) is 0 Å². The number of furan rings is 2. The maximum atomic E-state index is 11.2. The molecule has 5 nitrogen and oxygen atoms in total. The largest absolute Gasteiger partial charge is 0.481 e. The Morgan fingerprint density at radius 3 is 2.73 bits per heavy atom. The van der Waals surface area contributed by atoms with E-state index in [1.165, 1.54) is 0 Å². The van der Waals surface area contributed by atoms with Crippen molar-refractivity contribution in [3.8, 4) is 0 Å². The summed E-state index contributed by atoms with van der Waals surface area (Å²) in [5.74, 6) is 0.568. The lowest BCUT2D eigenvalue weighted by Gasteiger charge is -2.12. The van der Waals surface area contributed by atoms with Crippen LogP contribution in [-0.2, 0) is 4.79 Å². The van der Waals surface area contributed by atoms with Crippen molar-refractivity contribution >= 4 is 27.9 Å². The summed E-state index contributed by atoms with van der Waals surface area (Å²) >= 11 is 0. The average Bonchev–Trinajstić information content (AvgIpc) is 3.12. The van der Waals surface area contributed by atoms with Gasteiger partial charge in [0.1, 0.15) is 22.7 Å². The molecule has 1 aliphatic rings. The Morgan fingerprint density at radius 1 is 1.23 bits per heavy atom. The number of nitrogens with one attached hydrogen (secondary N) is 1. The first-order valence-electron chi connectivity index (χ1n) is 7.42. The van der Waals surface area contributed by atoms with E-state index in [2.05, 4.69) is 5.32 Å². The van der Waals surface area contributed by atoms with Crippen molar-refractivity contribution in [2.24, 2.45) is 5.92 Å². The zero-order valence-electron chi connectivity index (χ0n) is 12.5. The van der Waals surface area contributed by atoms with E-state index in [1.807, 2.05) is 32.0 Å². The quantitative estimate of drug-likeness (QED) is 0.757. The summed E-state index contributed by atoms with van der Waals surface area (Å²) in [6.07, 6.45) is 0.563. The minimum Gasteiger partial charge on any atom is -0.481 e. The van der Waals surface area contributed by atoms with Crippen LogP contribution in [0.1, 0.15) is 29.5 Å². The van der Waals surface area contributed by atoms with Crippen LogP contribution in [0, 0.1) is 19.8 Å². The predicted octanol–water partition coefficient (Wildman–Crippen LogP) is 3.53. The Kier molecular flexibility index (Phi) is 2.81.